The van der Waals surface area contributed by atoms with Gasteiger partial charge in [-0.1, -0.05) is 13.0 Å². The van der Waals surface area contributed by atoms with Crippen molar-refractivity contribution >= 4 is 5.91 Å². The van der Waals surface area contributed by atoms with E-state index in [2.05, 4.69) is 17.1 Å². The molecule has 1 amide bonds. The number of benzene rings is 1. The van der Waals surface area contributed by atoms with E-state index in [1.807, 2.05) is 13.0 Å². The van der Waals surface area contributed by atoms with Gasteiger partial charge in [0.1, 0.15) is 5.75 Å². The fraction of sp³-hybridized carbons (Fsp3) is 0.533. The van der Waals surface area contributed by atoms with Gasteiger partial charge in [0, 0.05) is 12.6 Å². The minimum atomic E-state index is -0.180. The second-order valence-electron chi connectivity index (χ2n) is 5.23. The van der Waals surface area contributed by atoms with Crippen molar-refractivity contribution in [3.63, 3.8) is 0 Å². The fourth-order valence-corrected chi connectivity index (χ4v) is 2.56. The van der Waals surface area contributed by atoms with Crippen LogP contribution in [0.1, 0.15) is 35.7 Å². The zero-order valence-corrected chi connectivity index (χ0v) is 11.6. The molecule has 1 aromatic rings. The number of rotatable bonds is 3. The number of carbonyl (C=O) groups excluding carboxylic acids is 1. The number of piperidine rings is 1. The normalized spacial score (nSPS) is 20.2. The second-order valence-corrected chi connectivity index (χ2v) is 5.23. The minimum absolute atomic E-state index is 0.0562. The van der Waals surface area contributed by atoms with Crippen LogP contribution in [-0.2, 0) is 0 Å². The molecule has 0 saturated carbocycles. The summed E-state index contributed by atoms with van der Waals surface area (Å²) in [6, 6.07) is 5.32. The predicted molar refractivity (Wildman–Crippen MR) is 75.4 cm³/mol. The molecule has 0 radical (unpaired) electrons. The van der Waals surface area contributed by atoms with E-state index in [0.29, 0.717) is 5.56 Å². The first-order valence-electron chi connectivity index (χ1n) is 6.93. The summed E-state index contributed by atoms with van der Waals surface area (Å²) in [6.45, 7) is 7.05. The Morgan fingerprint density at radius 1 is 1.53 bits per heavy atom. The summed E-state index contributed by atoms with van der Waals surface area (Å²) < 4.78 is 0. The summed E-state index contributed by atoms with van der Waals surface area (Å²) >= 11 is 0. The zero-order chi connectivity index (χ0) is 13.8. The molecule has 2 N–H and O–H groups in total. The van der Waals surface area contributed by atoms with Gasteiger partial charge in [-0.15, -0.1) is 0 Å². The Bertz CT molecular complexity index is 459. The van der Waals surface area contributed by atoms with Crippen LogP contribution in [-0.4, -0.2) is 41.6 Å². The Morgan fingerprint density at radius 3 is 3.00 bits per heavy atom. The van der Waals surface area contributed by atoms with Gasteiger partial charge in [-0.3, -0.25) is 4.79 Å². The molecule has 0 spiro atoms. The van der Waals surface area contributed by atoms with Crippen LogP contribution in [0.5, 0.6) is 5.75 Å². The molecule has 0 aromatic heterocycles. The summed E-state index contributed by atoms with van der Waals surface area (Å²) in [6.07, 6.45) is 2.12. The van der Waals surface area contributed by atoms with Crippen molar-refractivity contribution in [2.45, 2.75) is 32.7 Å². The molecule has 4 nitrogen and oxygen atoms in total. The van der Waals surface area contributed by atoms with Crippen LogP contribution in [0.3, 0.4) is 0 Å². The third-order valence-electron chi connectivity index (χ3n) is 3.69. The highest BCUT2D eigenvalue weighted by Crippen LogP contribution is 2.19. The van der Waals surface area contributed by atoms with Gasteiger partial charge in [-0.25, -0.2) is 0 Å². The summed E-state index contributed by atoms with van der Waals surface area (Å²) in [5.41, 5.74) is 1.31. The third-order valence-corrected chi connectivity index (χ3v) is 3.69. The molecule has 1 heterocycles. The maximum absolute atomic E-state index is 12.2. The number of aryl methyl sites for hydroxylation is 1. The first kappa shape index (κ1) is 13.9. The molecule has 1 aliphatic heterocycles. The maximum Gasteiger partial charge on any atom is 0.255 e. The molecule has 19 heavy (non-hydrogen) atoms. The summed E-state index contributed by atoms with van der Waals surface area (Å²) in [5, 5.41) is 12.8. The van der Waals surface area contributed by atoms with Gasteiger partial charge in [-0.05, 0) is 50.6 Å². The van der Waals surface area contributed by atoms with Crippen LogP contribution in [0.4, 0.5) is 0 Å². The van der Waals surface area contributed by atoms with E-state index in [0.717, 1.165) is 38.0 Å². The van der Waals surface area contributed by atoms with E-state index in [1.165, 1.54) is 0 Å². The van der Waals surface area contributed by atoms with E-state index in [1.54, 1.807) is 12.1 Å². The van der Waals surface area contributed by atoms with Gasteiger partial charge < -0.3 is 15.3 Å². The molecule has 2 rings (SSSR count). The molecule has 1 aliphatic rings. The smallest absolute Gasteiger partial charge is 0.255 e. The van der Waals surface area contributed by atoms with E-state index in [9.17, 15) is 9.90 Å². The number of hydrogen-bond donors (Lipinski definition) is 2. The van der Waals surface area contributed by atoms with E-state index >= 15 is 0 Å². The number of likely N-dealkylation sites (tertiary alicyclic amines) is 1. The largest absolute Gasteiger partial charge is 0.507 e. The van der Waals surface area contributed by atoms with Crippen LogP contribution < -0.4 is 5.32 Å². The first-order valence-corrected chi connectivity index (χ1v) is 6.93. The number of nitrogens with zero attached hydrogens (tertiary/aromatic N) is 1. The van der Waals surface area contributed by atoms with Gasteiger partial charge in [0.05, 0.1) is 5.56 Å². The fourth-order valence-electron chi connectivity index (χ4n) is 2.56. The Labute approximate surface area is 114 Å². The number of phenolic OH excluding ortho intramolecular Hbond substituents is 1. The van der Waals surface area contributed by atoms with Gasteiger partial charge >= 0.3 is 0 Å². The average Bonchev–Trinajstić information content (AvgIpc) is 2.38. The van der Waals surface area contributed by atoms with Crippen molar-refractivity contribution in [1.82, 2.24) is 10.2 Å². The summed E-state index contributed by atoms with van der Waals surface area (Å²) in [5.74, 6) is -0.124. The van der Waals surface area contributed by atoms with Crippen molar-refractivity contribution in [1.29, 1.82) is 0 Å². The molecule has 1 fully saturated rings. The molecule has 1 unspecified atom stereocenters. The lowest BCUT2D eigenvalue weighted by molar-refractivity contribution is 0.0903. The monoisotopic (exact) mass is 262 g/mol. The van der Waals surface area contributed by atoms with E-state index in [-0.39, 0.29) is 17.7 Å². The van der Waals surface area contributed by atoms with Crippen LogP contribution in [0.15, 0.2) is 18.2 Å². The number of phenols is 1. The van der Waals surface area contributed by atoms with Gasteiger partial charge in [-0.2, -0.15) is 0 Å². The van der Waals surface area contributed by atoms with E-state index in [4.69, 9.17) is 0 Å². The molecule has 0 aliphatic carbocycles. The number of carbonyl (C=O) groups is 1. The quantitative estimate of drug-likeness (QED) is 0.875. The van der Waals surface area contributed by atoms with Crippen molar-refractivity contribution in [3.8, 4) is 5.75 Å². The molecule has 0 bridgehead atoms. The van der Waals surface area contributed by atoms with Crippen molar-refractivity contribution < 1.29 is 9.90 Å². The molecule has 104 valence electrons. The highest BCUT2D eigenvalue weighted by molar-refractivity contribution is 5.97. The van der Waals surface area contributed by atoms with Gasteiger partial charge in [0.2, 0.25) is 0 Å². The Kier molecular flexibility index (Phi) is 4.43. The van der Waals surface area contributed by atoms with Crippen molar-refractivity contribution in [2.24, 2.45) is 0 Å². The van der Waals surface area contributed by atoms with Crippen LogP contribution >= 0.6 is 0 Å². The lowest BCUT2D eigenvalue weighted by atomic mass is 10.0. The Balaban J connectivity index is 2.00. The molecule has 1 aromatic carbocycles. The number of amides is 1. The predicted octanol–water partition coefficient (Wildman–Crippen LogP) is 1.91. The standard InChI is InChI=1S/C15H22N2O2/c1-3-17-8-4-5-12(10-17)16-15(19)13-7-6-11(2)9-14(13)18/h6-7,9,12,18H,3-5,8,10H2,1-2H3,(H,16,19). The summed E-state index contributed by atoms with van der Waals surface area (Å²) in [4.78, 5) is 14.5. The van der Waals surface area contributed by atoms with Crippen LogP contribution in [0.25, 0.3) is 0 Å². The molecular formula is C15H22N2O2. The van der Waals surface area contributed by atoms with Crippen LogP contribution in [0.2, 0.25) is 0 Å². The van der Waals surface area contributed by atoms with Crippen molar-refractivity contribution in [3.05, 3.63) is 29.3 Å². The molecule has 1 atom stereocenters. The average molecular weight is 262 g/mol. The topological polar surface area (TPSA) is 52.6 Å². The highest BCUT2D eigenvalue weighted by atomic mass is 16.3. The third kappa shape index (κ3) is 3.47. The number of nitrogens with one attached hydrogen (secondary N) is 1. The molecule has 4 heteroatoms. The minimum Gasteiger partial charge on any atom is -0.507 e. The maximum atomic E-state index is 12.2. The lowest BCUT2D eigenvalue weighted by Gasteiger charge is -2.32. The number of hydrogen-bond acceptors (Lipinski definition) is 3. The Hall–Kier alpha value is -1.55. The summed E-state index contributed by atoms with van der Waals surface area (Å²) in [7, 11) is 0. The van der Waals surface area contributed by atoms with E-state index < -0.39 is 0 Å². The number of likely N-dealkylation sites (N-methyl/N-ethyl adjacent to an activating group) is 1. The van der Waals surface area contributed by atoms with Gasteiger partial charge in [0.25, 0.3) is 5.91 Å². The SMILES string of the molecule is CCN1CCCC(NC(=O)c2ccc(C)cc2O)C1. The lowest BCUT2D eigenvalue weighted by Crippen LogP contribution is -2.47. The van der Waals surface area contributed by atoms with Crippen LogP contribution in [0, 0.1) is 6.92 Å². The van der Waals surface area contributed by atoms with Crippen molar-refractivity contribution in [2.75, 3.05) is 19.6 Å². The first-order chi connectivity index (χ1) is 9.10. The number of aromatic hydroxyl groups is 1. The van der Waals surface area contributed by atoms with Gasteiger partial charge in [0.15, 0.2) is 0 Å². The zero-order valence-electron chi connectivity index (χ0n) is 11.6. The Morgan fingerprint density at radius 2 is 2.32 bits per heavy atom. The second kappa shape index (κ2) is 6.06. The highest BCUT2D eigenvalue weighted by Gasteiger charge is 2.21. The molecule has 1 saturated heterocycles. The molecular weight excluding hydrogens is 240 g/mol.